The van der Waals surface area contributed by atoms with Crippen LogP contribution in [0.3, 0.4) is 0 Å². The van der Waals surface area contributed by atoms with E-state index in [0.717, 1.165) is 26.2 Å². The monoisotopic (exact) mass is 251 g/mol. The molecule has 2 N–H and O–H groups in total. The lowest BCUT2D eigenvalue weighted by molar-refractivity contribution is -0.129. The number of nitrogens with zero attached hydrogens (tertiary/aromatic N) is 3. The number of piperazine rings is 1. The molecule has 0 saturated carbocycles. The number of methoxy groups -OCH3 is 1. The first-order valence-electron chi connectivity index (χ1n) is 5.88. The summed E-state index contributed by atoms with van der Waals surface area (Å²) in [5.41, 5.74) is 0. The Morgan fingerprint density at radius 3 is 3.00 bits per heavy atom. The number of hydrogen-bond donors (Lipinski definition) is 2. The van der Waals surface area contributed by atoms with E-state index in [-0.39, 0.29) is 12.5 Å². The topological polar surface area (TPSA) is 79.4 Å². The van der Waals surface area contributed by atoms with E-state index in [0.29, 0.717) is 11.7 Å². The first-order chi connectivity index (χ1) is 8.79. The molecule has 7 heteroatoms. The van der Waals surface area contributed by atoms with E-state index in [9.17, 15) is 4.79 Å². The molecule has 1 aromatic heterocycles. The predicted molar refractivity (Wildman–Crippen MR) is 66.5 cm³/mol. The minimum absolute atomic E-state index is 0.0779. The molecule has 1 aliphatic rings. The van der Waals surface area contributed by atoms with E-state index in [1.54, 1.807) is 6.07 Å². The van der Waals surface area contributed by atoms with Gasteiger partial charge in [-0.15, -0.1) is 0 Å². The molecule has 0 aliphatic carbocycles. The first kappa shape index (κ1) is 12.6. The number of nitrogens with one attached hydrogen (secondary N) is 2. The molecule has 0 bridgehead atoms. The molecule has 18 heavy (non-hydrogen) atoms. The molecule has 98 valence electrons. The normalized spacial score (nSPS) is 15.3. The van der Waals surface area contributed by atoms with Crippen molar-refractivity contribution in [1.29, 1.82) is 0 Å². The van der Waals surface area contributed by atoms with Gasteiger partial charge in [0.05, 0.1) is 13.7 Å². The number of aromatic nitrogens is 2. The lowest BCUT2D eigenvalue weighted by Gasteiger charge is -2.27. The largest absolute Gasteiger partial charge is 0.481 e. The summed E-state index contributed by atoms with van der Waals surface area (Å²) in [5.74, 6) is 1.14. The number of rotatable bonds is 4. The Morgan fingerprint density at radius 2 is 2.28 bits per heavy atom. The van der Waals surface area contributed by atoms with Gasteiger partial charge < -0.3 is 20.3 Å². The van der Waals surface area contributed by atoms with Crippen LogP contribution < -0.4 is 15.4 Å². The van der Waals surface area contributed by atoms with Crippen molar-refractivity contribution in [3.8, 4) is 5.88 Å². The van der Waals surface area contributed by atoms with Crippen LogP contribution in [0.25, 0.3) is 0 Å². The summed E-state index contributed by atoms with van der Waals surface area (Å²) in [6.45, 7) is 3.46. The van der Waals surface area contributed by atoms with Crippen molar-refractivity contribution in [3.63, 3.8) is 0 Å². The zero-order chi connectivity index (χ0) is 12.8. The van der Waals surface area contributed by atoms with Crippen LogP contribution in [0, 0.1) is 0 Å². The Morgan fingerprint density at radius 1 is 1.50 bits per heavy atom. The predicted octanol–water partition coefficient (Wildman–Crippen LogP) is -0.671. The van der Waals surface area contributed by atoms with Crippen molar-refractivity contribution >= 4 is 11.7 Å². The highest BCUT2D eigenvalue weighted by Crippen LogP contribution is 2.09. The van der Waals surface area contributed by atoms with Crippen LogP contribution in [-0.2, 0) is 4.79 Å². The van der Waals surface area contributed by atoms with Crippen molar-refractivity contribution in [2.45, 2.75) is 0 Å². The van der Waals surface area contributed by atoms with E-state index >= 15 is 0 Å². The smallest absolute Gasteiger partial charge is 0.242 e. The number of carbonyl (C=O) groups is 1. The van der Waals surface area contributed by atoms with Crippen molar-refractivity contribution in [2.75, 3.05) is 45.2 Å². The quantitative estimate of drug-likeness (QED) is 0.739. The van der Waals surface area contributed by atoms with Crippen LogP contribution in [0.2, 0.25) is 0 Å². The number of hydrogen-bond acceptors (Lipinski definition) is 6. The summed E-state index contributed by atoms with van der Waals surface area (Å²) in [4.78, 5) is 21.6. The molecule has 2 rings (SSSR count). The van der Waals surface area contributed by atoms with E-state index < -0.39 is 0 Å². The number of ether oxygens (including phenoxy) is 1. The molecule has 7 nitrogen and oxygen atoms in total. The Labute approximate surface area is 106 Å². The van der Waals surface area contributed by atoms with Gasteiger partial charge >= 0.3 is 0 Å². The third-order valence-electron chi connectivity index (χ3n) is 2.74. The first-order valence-corrected chi connectivity index (χ1v) is 5.88. The highest BCUT2D eigenvalue weighted by atomic mass is 16.5. The second-order valence-corrected chi connectivity index (χ2v) is 3.93. The second-order valence-electron chi connectivity index (χ2n) is 3.93. The summed E-state index contributed by atoms with van der Waals surface area (Å²) in [6, 6.07) is 1.66. The molecule has 1 fully saturated rings. The van der Waals surface area contributed by atoms with Crippen LogP contribution in [-0.4, -0.2) is 60.6 Å². The van der Waals surface area contributed by atoms with Crippen molar-refractivity contribution in [3.05, 3.63) is 12.4 Å². The Hall–Kier alpha value is -1.89. The minimum Gasteiger partial charge on any atom is -0.481 e. The van der Waals surface area contributed by atoms with Crippen molar-refractivity contribution < 1.29 is 9.53 Å². The summed E-state index contributed by atoms with van der Waals surface area (Å²) >= 11 is 0. The van der Waals surface area contributed by atoms with Gasteiger partial charge in [0.1, 0.15) is 12.1 Å². The lowest BCUT2D eigenvalue weighted by atomic mass is 10.3. The van der Waals surface area contributed by atoms with Gasteiger partial charge in [-0.3, -0.25) is 4.79 Å². The number of anilines is 1. The van der Waals surface area contributed by atoms with Gasteiger partial charge in [-0.25, -0.2) is 9.97 Å². The Balaban J connectivity index is 1.84. The van der Waals surface area contributed by atoms with Crippen LogP contribution in [0.5, 0.6) is 5.88 Å². The summed E-state index contributed by atoms with van der Waals surface area (Å²) in [6.07, 6.45) is 1.40. The zero-order valence-electron chi connectivity index (χ0n) is 10.3. The van der Waals surface area contributed by atoms with Crippen molar-refractivity contribution in [2.24, 2.45) is 0 Å². The van der Waals surface area contributed by atoms with Gasteiger partial charge in [-0.05, 0) is 0 Å². The second kappa shape index (κ2) is 6.15. The third kappa shape index (κ3) is 3.30. The number of amides is 1. The number of carbonyl (C=O) groups excluding carboxylic acids is 1. The molecule has 1 amide bonds. The average Bonchev–Trinajstić information content (AvgIpc) is 2.46. The van der Waals surface area contributed by atoms with E-state index in [1.165, 1.54) is 13.4 Å². The van der Waals surface area contributed by atoms with Gasteiger partial charge in [-0.2, -0.15) is 0 Å². The summed E-state index contributed by atoms with van der Waals surface area (Å²) < 4.78 is 4.98. The van der Waals surface area contributed by atoms with Crippen LogP contribution >= 0.6 is 0 Å². The molecule has 0 atom stereocenters. The molecule has 0 spiro atoms. The lowest BCUT2D eigenvalue weighted by Crippen LogP contribution is -2.48. The Kier molecular flexibility index (Phi) is 4.30. The third-order valence-corrected chi connectivity index (χ3v) is 2.74. The van der Waals surface area contributed by atoms with E-state index in [1.807, 2.05) is 4.90 Å². The van der Waals surface area contributed by atoms with Gasteiger partial charge in [0.2, 0.25) is 11.8 Å². The molecule has 1 saturated heterocycles. The van der Waals surface area contributed by atoms with Crippen LogP contribution in [0.15, 0.2) is 12.4 Å². The van der Waals surface area contributed by atoms with Crippen LogP contribution in [0.1, 0.15) is 0 Å². The highest BCUT2D eigenvalue weighted by molar-refractivity contribution is 5.80. The molecule has 0 unspecified atom stereocenters. The molecular weight excluding hydrogens is 234 g/mol. The molecule has 1 aliphatic heterocycles. The molecule has 0 radical (unpaired) electrons. The van der Waals surface area contributed by atoms with Gasteiger partial charge in [0, 0.05) is 32.2 Å². The maximum Gasteiger partial charge on any atom is 0.242 e. The van der Waals surface area contributed by atoms with Crippen LogP contribution in [0.4, 0.5) is 5.82 Å². The highest BCUT2D eigenvalue weighted by Gasteiger charge is 2.15. The molecule has 1 aromatic rings. The fourth-order valence-corrected chi connectivity index (χ4v) is 1.74. The molecular formula is C11H17N5O2. The summed E-state index contributed by atoms with van der Waals surface area (Å²) in [5, 5.41) is 6.18. The maximum atomic E-state index is 11.9. The standard InChI is InChI=1S/C11H17N5O2/c1-18-10-6-9(14-8-15-10)13-7-11(17)16-4-2-12-3-5-16/h6,8,12H,2-5,7H2,1H3,(H,13,14,15). The fraction of sp³-hybridized carbons (Fsp3) is 0.545. The van der Waals surface area contributed by atoms with E-state index in [2.05, 4.69) is 20.6 Å². The minimum atomic E-state index is 0.0779. The fourth-order valence-electron chi connectivity index (χ4n) is 1.74. The molecule has 0 aromatic carbocycles. The van der Waals surface area contributed by atoms with Gasteiger partial charge in [-0.1, -0.05) is 0 Å². The van der Waals surface area contributed by atoms with Gasteiger partial charge in [0.15, 0.2) is 0 Å². The molecule has 2 heterocycles. The Bertz CT molecular complexity index is 406. The maximum absolute atomic E-state index is 11.9. The van der Waals surface area contributed by atoms with Crippen molar-refractivity contribution in [1.82, 2.24) is 20.2 Å². The van der Waals surface area contributed by atoms with E-state index in [4.69, 9.17) is 4.74 Å². The summed E-state index contributed by atoms with van der Waals surface area (Å²) in [7, 11) is 1.54. The van der Waals surface area contributed by atoms with Gasteiger partial charge in [0.25, 0.3) is 0 Å². The average molecular weight is 251 g/mol. The SMILES string of the molecule is COc1cc(NCC(=O)N2CCNCC2)ncn1. The zero-order valence-corrected chi connectivity index (χ0v) is 10.3.